The molecule has 4 nitrogen and oxygen atoms in total. The molecule has 0 amide bonds. The Kier molecular flexibility index (Phi) is 3.82. The molecule has 1 saturated carbocycles. The highest BCUT2D eigenvalue weighted by Crippen LogP contribution is 2.64. The fraction of sp³-hybridized carbons (Fsp3) is 0.571. The molecule has 1 fully saturated rings. The molecule has 4 atom stereocenters. The Balaban J connectivity index is 2.26. The summed E-state index contributed by atoms with van der Waals surface area (Å²) in [6.45, 7) is 6.12. The molecule has 0 aromatic heterocycles. The molecule has 0 heterocycles. The first-order chi connectivity index (χ1) is 11.7. The SMILES string of the molecule is C#CC12CCC3C(C)(C)C(=O)C(C#N)=CC3(C)C1=CC(=O)C(CN)C2. The molecule has 0 radical (unpaired) electrons. The molecule has 25 heavy (non-hydrogen) atoms. The predicted octanol–water partition coefficient (Wildman–Crippen LogP) is 2.56. The van der Waals surface area contributed by atoms with Crippen molar-refractivity contribution in [2.24, 2.45) is 33.8 Å². The average molecular weight is 336 g/mol. The Labute approximate surface area is 149 Å². The Hall–Kier alpha value is -2.17. The molecular formula is C21H24N2O2. The van der Waals surface area contributed by atoms with E-state index < -0.39 is 16.2 Å². The molecule has 4 heteroatoms. The lowest BCUT2D eigenvalue weighted by atomic mass is 9.44. The van der Waals surface area contributed by atoms with E-state index in [1.807, 2.05) is 20.8 Å². The van der Waals surface area contributed by atoms with Gasteiger partial charge in [-0.2, -0.15) is 5.26 Å². The van der Waals surface area contributed by atoms with E-state index >= 15 is 0 Å². The van der Waals surface area contributed by atoms with Crippen molar-refractivity contribution >= 4 is 11.6 Å². The average Bonchev–Trinajstić information content (AvgIpc) is 2.58. The van der Waals surface area contributed by atoms with E-state index in [0.717, 1.165) is 18.4 Å². The van der Waals surface area contributed by atoms with E-state index in [0.29, 0.717) is 6.42 Å². The highest BCUT2D eigenvalue weighted by Gasteiger charge is 2.60. The van der Waals surface area contributed by atoms with Crippen molar-refractivity contribution < 1.29 is 9.59 Å². The number of nitrogens with zero attached hydrogens (tertiary/aromatic N) is 1. The van der Waals surface area contributed by atoms with E-state index in [2.05, 4.69) is 12.0 Å². The van der Waals surface area contributed by atoms with E-state index in [4.69, 9.17) is 12.2 Å². The number of Topliss-reactive ketones (excluding diaryl/α,β-unsaturated/α-hetero) is 1. The lowest BCUT2D eigenvalue weighted by Gasteiger charge is -2.57. The molecule has 3 aliphatic carbocycles. The first-order valence-corrected chi connectivity index (χ1v) is 8.78. The van der Waals surface area contributed by atoms with Gasteiger partial charge in [0.15, 0.2) is 11.6 Å². The topological polar surface area (TPSA) is 84.0 Å². The summed E-state index contributed by atoms with van der Waals surface area (Å²) in [6, 6.07) is 2.05. The minimum absolute atomic E-state index is 0.00636. The van der Waals surface area contributed by atoms with Crippen LogP contribution in [0.25, 0.3) is 0 Å². The number of nitrogens with two attached hydrogens (primary N) is 1. The van der Waals surface area contributed by atoms with E-state index in [-0.39, 0.29) is 35.5 Å². The molecule has 0 spiro atoms. The quantitative estimate of drug-likeness (QED) is 0.746. The van der Waals surface area contributed by atoms with Crippen LogP contribution in [0, 0.1) is 51.8 Å². The monoisotopic (exact) mass is 336 g/mol. The molecule has 0 aliphatic heterocycles. The molecule has 130 valence electrons. The first kappa shape index (κ1) is 17.6. The third-order valence-corrected chi connectivity index (χ3v) is 6.79. The minimum atomic E-state index is -0.663. The summed E-state index contributed by atoms with van der Waals surface area (Å²) >= 11 is 0. The number of carbonyl (C=O) groups excluding carboxylic acids is 2. The Bertz CT molecular complexity index is 805. The van der Waals surface area contributed by atoms with Crippen LogP contribution < -0.4 is 5.73 Å². The summed E-state index contributed by atoms with van der Waals surface area (Å²) < 4.78 is 0. The standard InChI is InChI=1S/C21H24N2O2/c1-5-21-7-6-16-19(2,3)18(25)14(12-23)9-20(16,4)17(21)8-15(24)13(10-21)11-22/h1,8-9,13,16H,6-7,10-11,22H2,2-4H3. The molecule has 2 N–H and O–H groups in total. The van der Waals surface area contributed by atoms with Gasteiger partial charge in [-0.05, 0) is 36.8 Å². The third-order valence-electron chi connectivity index (χ3n) is 6.79. The number of allylic oxidation sites excluding steroid dienone is 4. The third kappa shape index (κ3) is 2.17. The Morgan fingerprint density at radius 3 is 2.60 bits per heavy atom. The molecular weight excluding hydrogens is 312 g/mol. The van der Waals surface area contributed by atoms with Gasteiger partial charge in [-0.15, -0.1) is 6.42 Å². The number of hydrogen-bond acceptors (Lipinski definition) is 4. The van der Waals surface area contributed by atoms with Gasteiger partial charge in [-0.3, -0.25) is 9.59 Å². The van der Waals surface area contributed by atoms with Crippen LogP contribution in [0.4, 0.5) is 0 Å². The highest BCUT2D eigenvalue weighted by atomic mass is 16.1. The number of terminal acetylenes is 1. The second-order valence-electron chi connectivity index (χ2n) is 8.42. The Morgan fingerprint density at radius 1 is 1.36 bits per heavy atom. The fourth-order valence-electron chi connectivity index (χ4n) is 5.47. The maximum atomic E-state index is 12.7. The number of nitriles is 1. The summed E-state index contributed by atoms with van der Waals surface area (Å²) in [5.41, 5.74) is 5.10. The van der Waals surface area contributed by atoms with Crippen molar-refractivity contribution in [1.82, 2.24) is 0 Å². The summed E-state index contributed by atoms with van der Waals surface area (Å²) in [7, 11) is 0. The molecule has 0 bridgehead atoms. The summed E-state index contributed by atoms with van der Waals surface area (Å²) in [4.78, 5) is 25.3. The molecule has 0 saturated heterocycles. The number of ketones is 2. The first-order valence-electron chi connectivity index (χ1n) is 8.78. The summed E-state index contributed by atoms with van der Waals surface area (Å²) in [6.07, 6.45) is 11.5. The molecule has 3 aliphatic rings. The lowest BCUT2D eigenvalue weighted by molar-refractivity contribution is -0.130. The smallest absolute Gasteiger partial charge is 0.178 e. The Morgan fingerprint density at radius 2 is 2.04 bits per heavy atom. The summed E-state index contributed by atoms with van der Waals surface area (Å²) in [5.74, 6) is 2.61. The fourth-order valence-corrected chi connectivity index (χ4v) is 5.47. The summed E-state index contributed by atoms with van der Waals surface area (Å²) in [5, 5.41) is 9.47. The van der Waals surface area contributed by atoms with Crippen LogP contribution in [0.3, 0.4) is 0 Å². The van der Waals surface area contributed by atoms with Gasteiger partial charge < -0.3 is 5.73 Å². The maximum absolute atomic E-state index is 12.7. The van der Waals surface area contributed by atoms with Gasteiger partial charge >= 0.3 is 0 Å². The second-order valence-corrected chi connectivity index (χ2v) is 8.42. The van der Waals surface area contributed by atoms with Crippen molar-refractivity contribution in [3.63, 3.8) is 0 Å². The second kappa shape index (κ2) is 5.41. The highest BCUT2D eigenvalue weighted by molar-refractivity contribution is 6.04. The van der Waals surface area contributed by atoms with Crippen molar-refractivity contribution in [2.75, 3.05) is 6.54 Å². The van der Waals surface area contributed by atoms with Crippen molar-refractivity contribution in [3.05, 3.63) is 23.3 Å². The van der Waals surface area contributed by atoms with Crippen LogP contribution in [0.15, 0.2) is 23.3 Å². The van der Waals surface area contributed by atoms with Gasteiger partial charge in [-0.1, -0.05) is 32.8 Å². The van der Waals surface area contributed by atoms with Crippen LogP contribution in [0.5, 0.6) is 0 Å². The maximum Gasteiger partial charge on any atom is 0.178 e. The van der Waals surface area contributed by atoms with E-state index in [9.17, 15) is 14.9 Å². The molecule has 4 unspecified atom stereocenters. The predicted molar refractivity (Wildman–Crippen MR) is 94.8 cm³/mol. The number of hydrogen-bond donors (Lipinski definition) is 1. The van der Waals surface area contributed by atoms with Gasteiger partial charge in [0.1, 0.15) is 6.07 Å². The number of rotatable bonds is 1. The zero-order chi connectivity index (χ0) is 18.6. The van der Waals surface area contributed by atoms with Crippen LogP contribution in [-0.2, 0) is 9.59 Å². The van der Waals surface area contributed by atoms with Crippen molar-refractivity contribution in [3.8, 4) is 18.4 Å². The van der Waals surface area contributed by atoms with Crippen LogP contribution in [-0.4, -0.2) is 18.1 Å². The van der Waals surface area contributed by atoms with E-state index in [1.165, 1.54) is 0 Å². The van der Waals surface area contributed by atoms with Crippen LogP contribution in [0.1, 0.15) is 40.0 Å². The number of fused-ring (bicyclic) bond motifs is 3. The molecule has 3 rings (SSSR count). The van der Waals surface area contributed by atoms with Crippen molar-refractivity contribution in [1.29, 1.82) is 5.26 Å². The minimum Gasteiger partial charge on any atom is -0.330 e. The van der Waals surface area contributed by atoms with Crippen LogP contribution >= 0.6 is 0 Å². The van der Waals surface area contributed by atoms with Gasteiger partial charge in [0.25, 0.3) is 0 Å². The zero-order valence-electron chi connectivity index (χ0n) is 15.1. The normalized spacial score (nSPS) is 39.3. The van der Waals surface area contributed by atoms with Crippen molar-refractivity contribution in [2.45, 2.75) is 40.0 Å². The largest absolute Gasteiger partial charge is 0.330 e. The molecule has 0 aromatic rings. The van der Waals surface area contributed by atoms with Crippen LogP contribution in [0.2, 0.25) is 0 Å². The van der Waals surface area contributed by atoms with Gasteiger partial charge in [0.2, 0.25) is 0 Å². The lowest BCUT2D eigenvalue weighted by Crippen LogP contribution is -2.55. The molecule has 0 aromatic carbocycles. The van der Waals surface area contributed by atoms with E-state index in [1.54, 1.807) is 12.2 Å². The number of carbonyl (C=O) groups is 2. The van der Waals surface area contributed by atoms with Gasteiger partial charge in [0, 0.05) is 23.3 Å². The van der Waals surface area contributed by atoms with Gasteiger partial charge in [-0.25, -0.2) is 0 Å². The van der Waals surface area contributed by atoms with Gasteiger partial charge in [0.05, 0.1) is 11.0 Å². The zero-order valence-corrected chi connectivity index (χ0v) is 15.1.